The monoisotopic (exact) mass is 347 g/mol. The summed E-state index contributed by atoms with van der Waals surface area (Å²) in [5.41, 5.74) is 1.55. The Kier molecular flexibility index (Phi) is 4.94. The van der Waals surface area contributed by atoms with Crippen LogP contribution in [0, 0.1) is 5.82 Å². The van der Waals surface area contributed by atoms with E-state index in [2.05, 4.69) is 5.32 Å². The molecule has 24 heavy (non-hydrogen) atoms. The van der Waals surface area contributed by atoms with E-state index in [0.29, 0.717) is 10.6 Å². The van der Waals surface area contributed by atoms with Crippen molar-refractivity contribution in [3.63, 3.8) is 0 Å². The number of hydrogen-bond acceptors (Lipinski definition) is 4. The summed E-state index contributed by atoms with van der Waals surface area (Å²) >= 11 is 1.45. The summed E-state index contributed by atoms with van der Waals surface area (Å²) in [6, 6.07) is 7.44. The summed E-state index contributed by atoms with van der Waals surface area (Å²) in [7, 11) is 0. The summed E-state index contributed by atoms with van der Waals surface area (Å²) in [5, 5.41) is 2.54. The lowest BCUT2D eigenvalue weighted by Crippen LogP contribution is -2.29. The van der Waals surface area contributed by atoms with Crippen molar-refractivity contribution in [2.75, 3.05) is 5.32 Å². The molecule has 126 valence electrons. The zero-order valence-electron chi connectivity index (χ0n) is 13.3. The molecule has 0 saturated carbocycles. The second-order valence-electron chi connectivity index (χ2n) is 5.81. The molecule has 1 atom stereocenters. The van der Waals surface area contributed by atoms with Gasteiger partial charge in [-0.15, -0.1) is 11.3 Å². The number of thiophene rings is 1. The molecule has 3 rings (SSSR count). The van der Waals surface area contributed by atoms with Crippen molar-refractivity contribution in [1.82, 2.24) is 0 Å². The second kappa shape index (κ2) is 7.13. The molecule has 1 N–H and O–H groups in total. The van der Waals surface area contributed by atoms with Gasteiger partial charge in [0.2, 0.25) is 0 Å². The standard InChI is InChI=1S/C18H18FNO3S/c1-11(17(21)20-14-7-4-6-13(19)10-14)23-18(22)16-9-12-5-2-3-8-15(12)24-16/h4,6-7,9-11H,2-3,5,8H2,1H3,(H,20,21)/t11-/m0/s1. The molecule has 1 aliphatic rings. The molecule has 0 saturated heterocycles. The zero-order chi connectivity index (χ0) is 17.1. The third kappa shape index (κ3) is 3.82. The highest BCUT2D eigenvalue weighted by Crippen LogP contribution is 2.30. The van der Waals surface area contributed by atoms with Crippen LogP contribution in [0.2, 0.25) is 0 Å². The number of nitrogens with one attached hydrogen (secondary N) is 1. The van der Waals surface area contributed by atoms with E-state index in [1.807, 2.05) is 6.07 Å². The number of aryl methyl sites for hydroxylation is 2. The number of esters is 1. The first kappa shape index (κ1) is 16.6. The first-order valence-electron chi connectivity index (χ1n) is 7.92. The Morgan fingerprint density at radius 2 is 2.04 bits per heavy atom. The molecule has 1 heterocycles. The Hall–Kier alpha value is -2.21. The molecule has 1 aromatic carbocycles. The average molecular weight is 347 g/mol. The molecule has 0 unspecified atom stereocenters. The molecule has 1 aromatic heterocycles. The number of carbonyl (C=O) groups is 2. The van der Waals surface area contributed by atoms with Crippen LogP contribution in [0.25, 0.3) is 0 Å². The maximum absolute atomic E-state index is 13.1. The van der Waals surface area contributed by atoms with E-state index < -0.39 is 23.8 Å². The van der Waals surface area contributed by atoms with Gasteiger partial charge < -0.3 is 10.1 Å². The number of ether oxygens (including phenoxy) is 1. The fourth-order valence-corrected chi connectivity index (χ4v) is 3.81. The smallest absolute Gasteiger partial charge is 0.349 e. The average Bonchev–Trinajstić information content (AvgIpc) is 2.99. The molecule has 6 heteroatoms. The van der Waals surface area contributed by atoms with Crippen molar-refractivity contribution in [2.45, 2.75) is 38.7 Å². The number of fused-ring (bicyclic) bond motifs is 1. The number of carbonyl (C=O) groups excluding carboxylic acids is 2. The molecule has 0 radical (unpaired) electrons. The van der Waals surface area contributed by atoms with E-state index in [0.717, 1.165) is 25.7 Å². The number of halogens is 1. The lowest BCUT2D eigenvalue weighted by Gasteiger charge is -2.13. The van der Waals surface area contributed by atoms with E-state index in [4.69, 9.17) is 4.74 Å². The van der Waals surface area contributed by atoms with Crippen LogP contribution < -0.4 is 5.32 Å². The SMILES string of the molecule is C[C@H](OC(=O)c1cc2c(s1)CCCC2)C(=O)Nc1cccc(F)c1. The van der Waals surface area contributed by atoms with Crippen LogP contribution >= 0.6 is 11.3 Å². The van der Waals surface area contributed by atoms with Crippen molar-refractivity contribution in [2.24, 2.45) is 0 Å². The van der Waals surface area contributed by atoms with Crippen molar-refractivity contribution >= 4 is 28.9 Å². The Morgan fingerprint density at radius 3 is 2.79 bits per heavy atom. The van der Waals surface area contributed by atoms with Crippen LogP contribution in [0.1, 0.15) is 39.9 Å². The predicted molar refractivity (Wildman–Crippen MR) is 90.9 cm³/mol. The van der Waals surface area contributed by atoms with Gasteiger partial charge in [0, 0.05) is 10.6 Å². The van der Waals surface area contributed by atoms with Crippen LogP contribution in [-0.2, 0) is 22.4 Å². The first-order valence-corrected chi connectivity index (χ1v) is 8.73. The van der Waals surface area contributed by atoms with Crippen molar-refractivity contribution < 1.29 is 18.7 Å². The number of amides is 1. The second-order valence-corrected chi connectivity index (χ2v) is 6.95. The van der Waals surface area contributed by atoms with Gasteiger partial charge in [0.05, 0.1) is 0 Å². The third-order valence-corrected chi connectivity index (χ3v) is 5.16. The molecule has 1 aliphatic carbocycles. The van der Waals surface area contributed by atoms with Crippen LogP contribution in [0.15, 0.2) is 30.3 Å². The normalized spacial score (nSPS) is 14.6. The maximum atomic E-state index is 13.1. The van der Waals surface area contributed by atoms with Gasteiger partial charge in [0.25, 0.3) is 5.91 Å². The van der Waals surface area contributed by atoms with Crippen molar-refractivity contribution in [1.29, 1.82) is 0 Å². The number of rotatable bonds is 4. The quantitative estimate of drug-likeness (QED) is 0.852. The Balaban J connectivity index is 1.61. The summed E-state index contributed by atoms with van der Waals surface area (Å²) in [5.74, 6) is -1.42. The highest BCUT2D eigenvalue weighted by Gasteiger charge is 2.22. The minimum atomic E-state index is -0.958. The minimum Gasteiger partial charge on any atom is -0.448 e. The predicted octanol–water partition coefficient (Wildman–Crippen LogP) is 3.95. The molecule has 0 aliphatic heterocycles. The summed E-state index contributed by atoms with van der Waals surface area (Å²) in [4.78, 5) is 26.1. The molecule has 4 nitrogen and oxygen atoms in total. The summed E-state index contributed by atoms with van der Waals surface area (Å²) in [6.45, 7) is 1.50. The van der Waals surface area contributed by atoms with Crippen LogP contribution in [0.5, 0.6) is 0 Å². The zero-order valence-corrected chi connectivity index (χ0v) is 14.1. The van der Waals surface area contributed by atoms with Crippen LogP contribution in [0.3, 0.4) is 0 Å². The third-order valence-electron chi connectivity index (χ3n) is 3.94. The van der Waals surface area contributed by atoms with E-state index in [9.17, 15) is 14.0 Å². The lowest BCUT2D eigenvalue weighted by molar-refractivity contribution is -0.123. The molecule has 2 aromatic rings. The van der Waals surface area contributed by atoms with Gasteiger partial charge >= 0.3 is 5.97 Å². The largest absolute Gasteiger partial charge is 0.448 e. The number of anilines is 1. The minimum absolute atomic E-state index is 0.328. The maximum Gasteiger partial charge on any atom is 0.349 e. The molecule has 0 fully saturated rings. The molecule has 1 amide bonds. The molecule has 0 spiro atoms. The summed E-state index contributed by atoms with van der Waals surface area (Å²) < 4.78 is 18.4. The van der Waals surface area contributed by atoms with Crippen molar-refractivity contribution in [3.8, 4) is 0 Å². The van der Waals surface area contributed by atoms with Gasteiger partial charge in [-0.2, -0.15) is 0 Å². The number of benzene rings is 1. The van der Waals surface area contributed by atoms with E-state index in [-0.39, 0.29) is 0 Å². The van der Waals surface area contributed by atoms with Gasteiger partial charge in [-0.1, -0.05) is 6.07 Å². The Morgan fingerprint density at radius 1 is 1.25 bits per heavy atom. The van der Waals surface area contributed by atoms with Gasteiger partial charge in [0.15, 0.2) is 6.10 Å². The topological polar surface area (TPSA) is 55.4 Å². The number of hydrogen-bond donors (Lipinski definition) is 1. The van der Waals surface area contributed by atoms with Crippen LogP contribution in [-0.4, -0.2) is 18.0 Å². The van der Waals surface area contributed by atoms with Gasteiger partial charge in [-0.25, -0.2) is 9.18 Å². The van der Waals surface area contributed by atoms with Crippen LogP contribution in [0.4, 0.5) is 10.1 Å². The first-order chi connectivity index (χ1) is 11.5. The highest BCUT2D eigenvalue weighted by molar-refractivity contribution is 7.14. The van der Waals surface area contributed by atoms with E-state index in [1.54, 1.807) is 6.07 Å². The van der Waals surface area contributed by atoms with E-state index in [1.165, 1.54) is 46.9 Å². The fraction of sp³-hybridized carbons (Fsp3) is 0.333. The van der Waals surface area contributed by atoms with Crippen molar-refractivity contribution in [3.05, 3.63) is 51.5 Å². The fourth-order valence-electron chi connectivity index (χ4n) is 2.67. The van der Waals surface area contributed by atoms with E-state index >= 15 is 0 Å². The van der Waals surface area contributed by atoms with Gasteiger partial charge in [0.1, 0.15) is 10.7 Å². The Labute approximate surface area is 143 Å². The van der Waals surface area contributed by atoms with Gasteiger partial charge in [-0.05, 0) is 62.4 Å². The lowest BCUT2D eigenvalue weighted by atomic mass is 9.99. The molecule has 0 bridgehead atoms. The molecular formula is C18H18FNO3S. The highest BCUT2D eigenvalue weighted by atomic mass is 32.1. The van der Waals surface area contributed by atoms with Gasteiger partial charge in [-0.3, -0.25) is 4.79 Å². The molecular weight excluding hydrogens is 329 g/mol. The summed E-state index contributed by atoms with van der Waals surface area (Å²) in [6.07, 6.45) is 3.33. The Bertz CT molecular complexity index is 748.